The average molecular weight is 307 g/mol. The third-order valence-corrected chi connectivity index (χ3v) is 3.92. The van der Waals surface area contributed by atoms with Gasteiger partial charge in [-0.25, -0.2) is 0 Å². The molecule has 4 nitrogen and oxygen atoms in total. The maximum Gasteiger partial charge on any atom is 0.165 e. The number of aromatic nitrogens is 3. The summed E-state index contributed by atoms with van der Waals surface area (Å²) in [6.07, 6.45) is 2.39. The van der Waals surface area contributed by atoms with Crippen LogP contribution in [0, 0.1) is 6.92 Å². The van der Waals surface area contributed by atoms with Gasteiger partial charge in [-0.15, -0.1) is 10.2 Å². The quantitative estimate of drug-likeness (QED) is 0.948. The van der Waals surface area contributed by atoms with Gasteiger partial charge in [0.05, 0.1) is 6.54 Å². The Kier molecular flexibility index (Phi) is 2.95. The molecule has 0 aliphatic heterocycles. The number of aryl methyl sites for hydroxylation is 1. The molecule has 1 fully saturated rings. The van der Waals surface area contributed by atoms with Crippen molar-refractivity contribution in [3.05, 3.63) is 34.1 Å². The number of rotatable bonds is 3. The lowest BCUT2D eigenvalue weighted by molar-refractivity contribution is 0.687. The monoisotopic (exact) mass is 306 g/mol. The van der Waals surface area contributed by atoms with E-state index >= 15 is 0 Å². The summed E-state index contributed by atoms with van der Waals surface area (Å²) in [5.74, 6) is 1.80. The zero-order chi connectivity index (χ0) is 12.7. The molecule has 1 saturated carbocycles. The van der Waals surface area contributed by atoms with Crippen LogP contribution in [0.4, 0.5) is 0 Å². The highest BCUT2D eigenvalue weighted by atomic mass is 79.9. The third kappa shape index (κ3) is 1.97. The van der Waals surface area contributed by atoms with Crippen molar-refractivity contribution in [1.82, 2.24) is 14.8 Å². The molecule has 1 aromatic heterocycles. The first-order chi connectivity index (χ1) is 8.70. The molecule has 3 rings (SSSR count). The fraction of sp³-hybridized carbons (Fsp3) is 0.385. The molecular weight excluding hydrogens is 292 g/mol. The fourth-order valence-corrected chi connectivity index (χ4v) is 2.60. The Bertz CT molecular complexity index is 587. The molecule has 1 aromatic carbocycles. The normalized spacial score (nSPS) is 15.1. The number of hydrogen-bond donors (Lipinski definition) is 1. The van der Waals surface area contributed by atoms with E-state index < -0.39 is 0 Å². The summed E-state index contributed by atoms with van der Waals surface area (Å²) in [4.78, 5) is 0. The van der Waals surface area contributed by atoms with Crippen LogP contribution in [0.2, 0.25) is 0 Å². The number of nitrogens with zero attached hydrogens (tertiary/aromatic N) is 3. The smallest absolute Gasteiger partial charge is 0.165 e. The molecule has 0 radical (unpaired) electrons. The summed E-state index contributed by atoms with van der Waals surface area (Å²) in [5.41, 5.74) is 8.05. The summed E-state index contributed by atoms with van der Waals surface area (Å²) in [6, 6.07) is 6.79. The lowest BCUT2D eigenvalue weighted by Gasteiger charge is -2.10. The second-order valence-electron chi connectivity index (χ2n) is 4.73. The first kappa shape index (κ1) is 11.9. The van der Waals surface area contributed by atoms with Gasteiger partial charge >= 0.3 is 0 Å². The molecule has 0 unspecified atom stereocenters. The van der Waals surface area contributed by atoms with E-state index in [1.54, 1.807) is 0 Å². The largest absolute Gasteiger partial charge is 0.324 e. The van der Waals surface area contributed by atoms with Crippen molar-refractivity contribution in [1.29, 1.82) is 0 Å². The molecule has 0 bridgehead atoms. The minimum atomic E-state index is 0.437. The second kappa shape index (κ2) is 4.48. The maximum absolute atomic E-state index is 5.74. The first-order valence-corrected chi connectivity index (χ1v) is 6.90. The van der Waals surface area contributed by atoms with E-state index in [1.807, 2.05) is 0 Å². The van der Waals surface area contributed by atoms with Crippen LogP contribution in [0.5, 0.6) is 0 Å². The molecule has 94 valence electrons. The zero-order valence-electron chi connectivity index (χ0n) is 10.2. The van der Waals surface area contributed by atoms with E-state index in [0.29, 0.717) is 12.6 Å². The van der Waals surface area contributed by atoms with Crippen molar-refractivity contribution in [2.75, 3.05) is 0 Å². The van der Waals surface area contributed by atoms with Crippen LogP contribution < -0.4 is 5.73 Å². The molecule has 0 saturated heterocycles. The predicted octanol–water partition coefficient (Wildman–Crippen LogP) is 2.81. The molecule has 1 heterocycles. The SMILES string of the molecule is Cc1ccc(Br)c(-c2nnc(CN)n2C2CC2)c1. The molecule has 1 aliphatic carbocycles. The van der Waals surface area contributed by atoms with Crippen molar-refractivity contribution < 1.29 is 0 Å². The van der Waals surface area contributed by atoms with Crippen molar-refractivity contribution in [3.8, 4) is 11.4 Å². The number of nitrogens with two attached hydrogens (primary N) is 1. The Hall–Kier alpha value is -1.20. The highest BCUT2D eigenvalue weighted by Crippen LogP contribution is 2.40. The van der Waals surface area contributed by atoms with E-state index in [-0.39, 0.29) is 0 Å². The molecule has 5 heteroatoms. The van der Waals surface area contributed by atoms with Crippen LogP contribution in [-0.4, -0.2) is 14.8 Å². The van der Waals surface area contributed by atoms with Crippen molar-refractivity contribution in [2.24, 2.45) is 5.73 Å². The Morgan fingerprint density at radius 3 is 2.83 bits per heavy atom. The Morgan fingerprint density at radius 1 is 1.39 bits per heavy atom. The summed E-state index contributed by atoms with van der Waals surface area (Å²) in [7, 11) is 0. The molecule has 2 N–H and O–H groups in total. The minimum absolute atomic E-state index is 0.437. The second-order valence-corrected chi connectivity index (χ2v) is 5.58. The van der Waals surface area contributed by atoms with Crippen LogP contribution in [0.15, 0.2) is 22.7 Å². The van der Waals surface area contributed by atoms with E-state index in [0.717, 1.165) is 21.7 Å². The molecule has 0 spiro atoms. The van der Waals surface area contributed by atoms with Gasteiger partial charge in [-0.1, -0.05) is 27.6 Å². The number of halogens is 1. The van der Waals surface area contributed by atoms with Gasteiger partial charge in [-0.05, 0) is 31.9 Å². The highest BCUT2D eigenvalue weighted by Gasteiger charge is 2.29. The molecule has 0 amide bonds. The molecule has 0 atom stereocenters. The minimum Gasteiger partial charge on any atom is -0.324 e. The van der Waals surface area contributed by atoms with Gasteiger partial charge in [-0.3, -0.25) is 0 Å². The third-order valence-electron chi connectivity index (χ3n) is 3.22. The van der Waals surface area contributed by atoms with Gasteiger partial charge in [-0.2, -0.15) is 0 Å². The lowest BCUT2D eigenvalue weighted by atomic mass is 10.1. The first-order valence-electron chi connectivity index (χ1n) is 6.11. The zero-order valence-corrected chi connectivity index (χ0v) is 11.8. The van der Waals surface area contributed by atoms with Gasteiger partial charge in [0.25, 0.3) is 0 Å². The van der Waals surface area contributed by atoms with Crippen molar-refractivity contribution in [3.63, 3.8) is 0 Å². The van der Waals surface area contributed by atoms with Crippen molar-refractivity contribution in [2.45, 2.75) is 32.4 Å². The summed E-state index contributed by atoms with van der Waals surface area (Å²) in [6.45, 7) is 2.52. The van der Waals surface area contributed by atoms with Gasteiger partial charge in [0.1, 0.15) is 5.82 Å². The Morgan fingerprint density at radius 2 is 2.17 bits per heavy atom. The number of hydrogen-bond acceptors (Lipinski definition) is 3. The summed E-state index contributed by atoms with van der Waals surface area (Å²) >= 11 is 3.59. The molecular formula is C13H15BrN4. The lowest BCUT2D eigenvalue weighted by Crippen LogP contribution is -2.08. The van der Waals surface area contributed by atoms with Gasteiger partial charge in [0.15, 0.2) is 5.82 Å². The van der Waals surface area contributed by atoms with Crippen LogP contribution in [0.1, 0.15) is 30.3 Å². The Balaban J connectivity index is 2.16. The maximum atomic E-state index is 5.74. The van der Waals surface area contributed by atoms with Crippen LogP contribution in [-0.2, 0) is 6.54 Å². The van der Waals surface area contributed by atoms with Gasteiger partial charge < -0.3 is 10.3 Å². The number of benzene rings is 1. The summed E-state index contributed by atoms with van der Waals surface area (Å²) in [5, 5.41) is 8.53. The standard InChI is InChI=1S/C13H15BrN4/c1-8-2-5-11(14)10(6-8)13-17-16-12(7-15)18(13)9-3-4-9/h2,5-6,9H,3-4,7,15H2,1H3. The predicted molar refractivity (Wildman–Crippen MR) is 74.1 cm³/mol. The van der Waals surface area contributed by atoms with Gasteiger partial charge in [0, 0.05) is 16.1 Å². The molecule has 18 heavy (non-hydrogen) atoms. The van der Waals surface area contributed by atoms with Crippen LogP contribution in [0.3, 0.4) is 0 Å². The fourth-order valence-electron chi connectivity index (χ4n) is 2.17. The van der Waals surface area contributed by atoms with E-state index in [2.05, 4.69) is 55.8 Å². The van der Waals surface area contributed by atoms with Crippen molar-refractivity contribution >= 4 is 15.9 Å². The van der Waals surface area contributed by atoms with Crippen LogP contribution in [0.25, 0.3) is 11.4 Å². The topological polar surface area (TPSA) is 56.7 Å². The van der Waals surface area contributed by atoms with Crippen LogP contribution >= 0.6 is 15.9 Å². The highest BCUT2D eigenvalue weighted by molar-refractivity contribution is 9.10. The average Bonchev–Trinajstić information content (AvgIpc) is 3.12. The van der Waals surface area contributed by atoms with E-state index in [9.17, 15) is 0 Å². The summed E-state index contributed by atoms with van der Waals surface area (Å²) < 4.78 is 3.24. The van der Waals surface area contributed by atoms with Gasteiger partial charge in [0.2, 0.25) is 0 Å². The molecule has 1 aliphatic rings. The van der Waals surface area contributed by atoms with E-state index in [4.69, 9.17) is 5.73 Å². The van der Waals surface area contributed by atoms with E-state index in [1.165, 1.54) is 18.4 Å². The Labute approximate surface area is 114 Å². The molecule has 2 aromatic rings.